The number of hydrogen-bond donors (Lipinski definition) is 14. The Bertz CT molecular complexity index is 2820. The average molecular weight is 1100 g/mol. The summed E-state index contributed by atoms with van der Waals surface area (Å²) < 4.78 is 56.5. The molecule has 0 amide bonds. The molecule has 0 saturated carbocycles. The lowest BCUT2D eigenvalue weighted by Gasteiger charge is -2.46. The van der Waals surface area contributed by atoms with E-state index in [0.29, 0.717) is 5.56 Å². The third-order valence-corrected chi connectivity index (χ3v) is 12.9. The summed E-state index contributed by atoms with van der Waals surface area (Å²) in [5, 5.41) is 149. The molecule has 4 heterocycles. The molecular weight excluding hydrogens is 1040 g/mol. The van der Waals surface area contributed by atoms with Crippen molar-refractivity contribution in [2.24, 2.45) is 0 Å². The van der Waals surface area contributed by atoms with Gasteiger partial charge in [0, 0.05) is 24.3 Å². The molecule has 8 rings (SSSR count). The number of phenolic OH excluding ortho intramolecular Hbond substituents is 4. The maximum atomic E-state index is 13.0. The van der Waals surface area contributed by atoms with Gasteiger partial charge in [0.25, 0.3) is 0 Å². The maximum absolute atomic E-state index is 13.0. The van der Waals surface area contributed by atoms with Gasteiger partial charge in [-0.2, -0.15) is 0 Å². The van der Waals surface area contributed by atoms with Crippen LogP contribution in [-0.4, -0.2) is 213 Å². The number of carbonyl (C=O) groups excluding carboxylic acids is 2. The molecule has 3 aromatic carbocycles. The lowest BCUT2D eigenvalue weighted by atomic mass is 9.96. The molecule has 0 spiro atoms. The molecule has 420 valence electrons. The fourth-order valence-electron chi connectivity index (χ4n) is 8.58. The Kier molecular flexibility index (Phi) is 17.9. The van der Waals surface area contributed by atoms with Crippen molar-refractivity contribution in [1.29, 1.82) is 0 Å². The van der Waals surface area contributed by atoms with Gasteiger partial charge >= 0.3 is 17.7 Å². The monoisotopic (exact) mass is 1100 g/mol. The van der Waals surface area contributed by atoms with Crippen LogP contribution in [0.1, 0.15) is 16.7 Å². The maximum Gasteiger partial charge on any atom is 0.330 e. The van der Waals surface area contributed by atoms with Crippen LogP contribution in [0.4, 0.5) is 0 Å². The first-order valence-corrected chi connectivity index (χ1v) is 23.9. The number of aromatic hydroxyl groups is 4. The third-order valence-electron chi connectivity index (χ3n) is 12.9. The molecule has 0 bridgehead atoms. The number of carbonyl (C=O) groups is 2. The van der Waals surface area contributed by atoms with Gasteiger partial charge in [0.05, 0.1) is 30.9 Å². The predicted octanol–water partition coefficient (Wildman–Crippen LogP) is -1.65. The van der Waals surface area contributed by atoms with Crippen LogP contribution in [-0.2, 0) is 47.5 Å². The molecule has 26 heteroatoms. The zero-order valence-corrected chi connectivity index (χ0v) is 40.9. The quantitative estimate of drug-likeness (QED) is 0.0312. The lowest BCUT2D eigenvalue weighted by molar-refractivity contribution is -0.363. The summed E-state index contributed by atoms with van der Waals surface area (Å²) in [5.41, 5.74) is 1.02. The van der Waals surface area contributed by atoms with Crippen LogP contribution >= 0.6 is 0 Å². The molecule has 78 heavy (non-hydrogen) atoms. The summed E-state index contributed by atoms with van der Waals surface area (Å²) in [6.45, 7) is -2.34. The predicted molar refractivity (Wildman–Crippen MR) is 260 cm³/mol. The van der Waals surface area contributed by atoms with Crippen molar-refractivity contribution in [3.63, 3.8) is 0 Å². The molecule has 16 atom stereocenters. The minimum atomic E-state index is -2.12. The Morgan fingerprint density at radius 2 is 1.17 bits per heavy atom. The number of methoxy groups -OCH3 is 1. The molecule has 4 aliphatic heterocycles. The Morgan fingerprint density at radius 3 is 1.78 bits per heavy atom. The van der Waals surface area contributed by atoms with Crippen molar-refractivity contribution in [2.45, 2.75) is 98.2 Å². The van der Waals surface area contributed by atoms with Crippen LogP contribution in [0.2, 0.25) is 0 Å². The van der Waals surface area contributed by atoms with Gasteiger partial charge in [-0.15, -0.1) is 0 Å². The summed E-state index contributed by atoms with van der Waals surface area (Å²) in [6.07, 6.45) is -21.1. The number of hydrogen-bond acceptors (Lipinski definition) is 25. The van der Waals surface area contributed by atoms with Gasteiger partial charge in [-0.1, -0.05) is 12.1 Å². The van der Waals surface area contributed by atoms with Crippen LogP contribution < -0.4 is 4.74 Å². The normalized spacial score (nSPS) is 32.1. The standard InChI is InChI=1S/C52H56O26/c1-69-33-15-23(3-11-29(33)57)5-13-39(60)70-20-36-41(62)44(65)47(68)51(76-36)78-49-45(66)42(63)37(21-71-38(59)12-4-22-2-10-28(56)30(58)14-22)77-52(49)74-34-18-27-31(72-48(34)24-6-8-25(54)9-7-24)16-26(55)17-32(27)73-50-46(67)43(64)40(61)35(19-53)75-50/h2-18,31,35-37,40-47,49-58,61-68H,19-21H2,1H3/p+1. The lowest BCUT2D eigenvalue weighted by Crippen LogP contribution is -2.64. The molecule has 0 radical (unpaired) electrons. The first kappa shape index (κ1) is 56.9. The van der Waals surface area contributed by atoms with Gasteiger partial charge in [0.2, 0.25) is 24.4 Å². The number of ether oxygens (including phenoxy) is 10. The van der Waals surface area contributed by atoms with Gasteiger partial charge < -0.3 is 119 Å². The van der Waals surface area contributed by atoms with Crippen molar-refractivity contribution < 1.29 is 128 Å². The van der Waals surface area contributed by atoms with Gasteiger partial charge in [-0.05, 0) is 71.8 Å². The van der Waals surface area contributed by atoms with Crippen LogP contribution in [0, 0.1) is 0 Å². The summed E-state index contributed by atoms with van der Waals surface area (Å²) in [4.78, 5) is 25.8. The second-order valence-electron chi connectivity index (χ2n) is 18.2. The van der Waals surface area contributed by atoms with Crippen LogP contribution in [0.25, 0.3) is 17.9 Å². The number of allylic oxidation sites excluding steroid dienone is 2. The number of aliphatic hydroxyl groups excluding tert-OH is 10. The summed E-state index contributed by atoms with van der Waals surface area (Å²) in [6, 6.07) is 13.4. The Hall–Kier alpha value is -7.28. The van der Waals surface area contributed by atoms with Crippen LogP contribution in [0.15, 0.2) is 114 Å². The second kappa shape index (κ2) is 24.6. The number of benzene rings is 3. The minimum Gasteiger partial charge on any atom is -0.571 e. The second-order valence-corrected chi connectivity index (χ2v) is 18.2. The molecule has 16 unspecified atom stereocenters. The molecule has 26 nitrogen and oxygen atoms in total. The Labute approximate surface area is 441 Å². The molecular formula is C52H57O26+. The zero-order chi connectivity index (χ0) is 56.1. The SMILES string of the molecule is COc1cc(C=CC(=O)OCC2OC(OC3C(OC4=C(c5ccc(O)cc5)[OH+]C5C=C(O)C=C(OC6OC(CO)C(O)C(O)C6O)C5=C4)OC(COC(=O)C=Cc4ccc(O)c(O)c4)C(O)C3O)C(O)C(O)C2O)ccc1O. The van der Waals surface area contributed by atoms with E-state index in [1.165, 1.54) is 86.0 Å². The first-order valence-electron chi connectivity index (χ1n) is 23.9. The fraction of sp³-hybridized carbons (Fsp3) is 0.385. The van der Waals surface area contributed by atoms with E-state index in [9.17, 15) is 81.1 Å². The van der Waals surface area contributed by atoms with E-state index in [2.05, 4.69) is 0 Å². The van der Waals surface area contributed by atoms with Gasteiger partial charge in [-0.25, -0.2) is 9.59 Å². The number of esters is 2. The summed E-state index contributed by atoms with van der Waals surface area (Å²) in [7, 11) is 1.33. The fourth-order valence-corrected chi connectivity index (χ4v) is 8.58. The van der Waals surface area contributed by atoms with Gasteiger partial charge in [0.1, 0.15) is 97.6 Å². The van der Waals surface area contributed by atoms with Crippen LogP contribution in [0.5, 0.6) is 28.7 Å². The van der Waals surface area contributed by atoms with Crippen molar-refractivity contribution >= 4 is 29.8 Å². The van der Waals surface area contributed by atoms with Gasteiger partial charge in [-0.3, -0.25) is 0 Å². The highest BCUT2D eigenvalue weighted by Gasteiger charge is 2.53. The van der Waals surface area contributed by atoms with E-state index in [4.69, 9.17) is 47.4 Å². The van der Waals surface area contributed by atoms with E-state index >= 15 is 0 Å². The first-order chi connectivity index (χ1) is 37.2. The van der Waals surface area contributed by atoms with E-state index < -0.39 is 147 Å². The minimum absolute atomic E-state index is 0.0359. The highest BCUT2D eigenvalue weighted by Crippen LogP contribution is 2.40. The highest BCUT2D eigenvalue weighted by molar-refractivity contribution is 5.87. The van der Waals surface area contributed by atoms with Crippen molar-refractivity contribution in [3.05, 3.63) is 131 Å². The molecule has 15 N–H and O–H groups in total. The highest BCUT2D eigenvalue weighted by atomic mass is 16.8. The Balaban J connectivity index is 1.09. The van der Waals surface area contributed by atoms with E-state index in [1.54, 1.807) is 0 Å². The number of phenols is 4. The van der Waals surface area contributed by atoms with Crippen LogP contribution in [0.3, 0.4) is 0 Å². The zero-order valence-electron chi connectivity index (χ0n) is 40.9. The van der Waals surface area contributed by atoms with Crippen molar-refractivity contribution in [1.82, 2.24) is 0 Å². The largest absolute Gasteiger partial charge is 0.571 e. The van der Waals surface area contributed by atoms with Crippen molar-refractivity contribution in [3.8, 4) is 28.7 Å². The third kappa shape index (κ3) is 12.8. The van der Waals surface area contributed by atoms with E-state index in [1.807, 2.05) is 0 Å². The number of rotatable bonds is 17. The Morgan fingerprint density at radius 1 is 0.603 bits per heavy atom. The summed E-state index contributed by atoms with van der Waals surface area (Å²) >= 11 is 0. The smallest absolute Gasteiger partial charge is 0.330 e. The molecule has 3 aromatic rings. The van der Waals surface area contributed by atoms with E-state index in [-0.39, 0.29) is 51.2 Å². The molecule has 3 saturated heterocycles. The molecule has 0 aromatic heterocycles. The number of aliphatic hydroxyl groups is 12. The molecule has 3 fully saturated rings. The molecule has 1 aliphatic carbocycles. The van der Waals surface area contributed by atoms with E-state index in [0.717, 1.165) is 24.3 Å². The topological polar surface area (TPSA) is 413 Å². The average Bonchev–Trinajstić information content (AvgIpc) is 3.48. The summed E-state index contributed by atoms with van der Waals surface area (Å²) in [5.74, 6) is -3.99. The van der Waals surface area contributed by atoms with Gasteiger partial charge in [0.15, 0.2) is 35.4 Å². The van der Waals surface area contributed by atoms with Crippen molar-refractivity contribution in [2.75, 3.05) is 26.9 Å². The molecule has 5 aliphatic rings. The number of fused-ring (bicyclic) bond motifs is 1.